The molecule has 0 unspecified atom stereocenters. The summed E-state index contributed by atoms with van der Waals surface area (Å²) in [4.78, 5) is 2.23. The minimum absolute atomic E-state index is 0.618. The Morgan fingerprint density at radius 1 is 1.35 bits per heavy atom. The highest BCUT2D eigenvalue weighted by atomic mass is 35.5. The predicted molar refractivity (Wildman–Crippen MR) is 71.8 cm³/mol. The van der Waals surface area contributed by atoms with Crippen molar-refractivity contribution in [3.05, 3.63) is 46.9 Å². The summed E-state index contributed by atoms with van der Waals surface area (Å²) >= 11 is 7.85. The normalized spacial score (nSPS) is 10.8. The van der Waals surface area contributed by atoms with E-state index in [1.54, 1.807) is 18.0 Å². The maximum absolute atomic E-state index is 6.20. The fourth-order valence-electron chi connectivity index (χ4n) is 1.56. The molecule has 0 saturated heterocycles. The van der Waals surface area contributed by atoms with Gasteiger partial charge < -0.3 is 10.2 Å². The standard InChI is InChI=1S/C13H14ClNOS/c1-9-13(5-7-16-9)17-11-3-2-10(4-6-15)12(14)8-11/h2-3,5,7-8H,4,6,15H2,1H3. The van der Waals surface area contributed by atoms with E-state index in [2.05, 4.69) is 6.07 Å². The van der Waals surface area contributed by atoms with Crippen molar-refractivity contribution in [3.8, 4) is 0 Å². The molecule has 2 nitrogen and oxygen atoms in total. The van der Waals surface area contributed by atoms with Crippen molar-refractivity contribution in [3.63, 3.8) is 0 Å². The number of nitrogens with two attached hydrogens (primary N) is 1. The van der Waals surface area contributed by atoms with Crippen LogP contribution in [0.3, 0.4) is 0 Å². The van der Waals surface area contributed by atoms with Crippen LogP contribution in [0, 0.1) is 6.92 Å². The summed E-state index contributed by atoms with van der Waals surface area (Å²) in [7, 11) is 0. The van der Waals surface area contributed by atoms with E-state index >= 15 is 0 Å². The van der Waals surface area contributed by atoms with Crippen LogP contribution in [0.4, 0.5) is 0 Å². The fourth-order valence-corrected chi connectivity index (χ4v) is 2.78. The lowest BCUT2D eigenvalue weighted by Crippen LogP contribution is -2.02. The second kappa shape index (κ2) is 5.63. The molecule has 0 aliphatic rings. The van der Waals surface area contributed by atoms with E-state index in [4.69, 9.17) is 21.8 Å². The Balaban J connectivity index is 2.18. The minimum atomic E-state index is 0.618. The van der Waals surface area contributed by atoms with Crippen molar-refractivity contribution < 1.29 is 4.42 Å². The molecule has 0 saturated carbocycles. The minimum Gasteiger partial charge on any atom is -0.468 e. The molecule has 0 atom stereocenters. The van der Waals surface area contributed by atoms with Crippen LogP contribution in [0.5, 0.6) is 0 Å². The van der Waals surface area contributed by atoms with Gasteiger partial charge in [0.05, 0.1) is 11.2 Å². The van der Waals surface area contributed by atoms with Gasteiger partial charge in [0.25, 0.3) is 0 Å². The summed E-state index contributed by atoms with van der Waals surface area (Å²) in [6, 6.07) is 8.03. The molecule has 2 rings (SSSR count). The SMILES string of the molecule is Cc1occc1Sc1ccc(CCN)c(Cl)c1. The monoisotopic (exact) mass is 267 g/mol. The lowest BCUT2D eigenvalue weighted by Gasteiger charge is -2.05. The highest BCUT2D eigenvalue weighted by molar-refractivity contribution is 7.99. The Hall–Kier alpha value is -0.900. The molecule has 0 bridgehead atoms. The van der Waals surface area contributed by atoms with Gasteiger partial charge in [-0.05, 0) is 43.7 Å². The summed E-state index contributed by atoms with van der Waals surface area (Å²) in [5.74, 6) is 0.928. The molecule has 0 spiro atoms. The van der Waals surface area contributed by atoms with Gasteiger partial charge in [-0.15, -0.1) is 0 Å². The fraction of sp³-hybridized carbons (Fsp3) is 0.231. The van der Waals surface area contributed by atoms with Gasteiger partial charge in [-0.1, -0.05) is 29.4 Å². The highest BCUT2D eigenvalue weighted by Crippen LogP contribution is 2.33. The van der Waals surface area contributed by atoms with Crippen LogP contribution in [0.1, 0.15) is 11.3 Å². The van der Waals surface area contributed by atoms with E-state index in [9.17, 15) is 0 Å². The molecule has 1 aromatic heterocycles. The van der Waals surface area contributed by atoms with E-state index in [1.807, 2.05) is 25.1 Å². The number of rotatable bonds is 4. The van der Waals surface area contributed by atoms with Crippen LogP contribution in [0.15, 0.2) is 44.7 Å². The van der Waals surface area contributed by atoms with Crippen LogP contribution < -0.4 is 5.73 Å². The topological polar surface area (TPSA) is 39.2 Å². The molecule has 0 aliphatic carbocycles. The first-order valence-corrected chi connectivity index (χ1v) is 6.60. The Bertz CT molecular complexity index is 510. The molecule has 2 N–H and O–H groups in total. The lowest BCUT2D eigenvalue weighted by molar-refractivity contribution is 0.527. The number of halogens is 1. The van der Waals surface area contributed by atoms with Crippen molar-refractivity contribution in [2.24, 2.45) is 5.73 Å². The Kier molecular flexibility index (Phi) is 4.15. The third-order valence-electron chi connectivity index (χ3n) is 2.48. The van der Waals surface area contributed by atoms with Gasteiger partial charge in [-0.25, -0.2) is 0 Å². The molecule has 90 valence electrons. The highest BCUT2D eigenvalue weighted by Gasteiger charge is 2.06. The first-order valence-electron chi connectivity index (χ1n) is 5.41. The number of hydrogen-bond acceptors (Lipinski definition) is 3. The van der Waals surface area contributed by atoms with Crippen molar-refractivity contribution >= 4 is 23.4 Å². The van der Waals surface area contributed by atoms with Crippen molar-refractivity contribution in [1.82, 2.24) is 0 Å². The van der Waals surface area contributed by atoms with Crippen molar-refractivity contribution in [2.75, 3.05) is 6.54 Å². The van der Waals surface area contributed by atoms with E-state index in [0.717, 1.165) is 32.6 Å². The average Bonchev–Trinajstić information content (AvgIpc) is 2.69. The van der Waals surface area contributed by atoms with E-state index in [0.29, 0.717) is 6.54 Å². The lowest BCUT2D eigenvalue weighted by atomic mass is 10.1. The molecule has 0 amide bonds. The van der Waals surface area contributed by atoms with Gasteiger partial charge in [-0.2, -0.15) is 0 Å². The van der Waals surface area contributed by atoms with Gasteiger partial charge in [0, 0.05) is 9.92 Å². The number of hydrogen-bond donors (Lipinski definition) is 1. The second-order valence-electron chi connectivity index (χ2n) is 3.73. The van der Waals surface area contributed by atoms with Crippen molar-refractivity contribution in [2.45, 2.75) is 23.1 Å². The summed E-state index contributed by atoms with van der Waals surface area (Å²) in [6.45, 7) is 2.57. The molecular weight excluding hydrogens is 254 g/mol. The predicted octanol–water partition coefficient (Wildman–Crippen LogP) is 3.89. The molecule has 0 aliphatic heterocycles. The van der Waals surface area contributed by atoms with Crippen LogP contribution in [-0.2, 0) is 6.42 Å². The van der Waals surface area contributed by atoms with Crippen LogP contribution >= 0.6 is 23.4 Å². The smallest absolute Gasteiger partial charge is 0.114 e. The Labute approximate surface area is 110 Å². The van der Waals surface area contributed by atoms with Gasteiger partial charge >= 0.3 is 0 Å². The zero-order chi connectivity index (χ0) is 12.3. The maximum Gasteiger partial charge on any atom is 0.114 e. The summed E-state index contributed by atoms with van der Waals surface area (Å²) in [5.41, 5.74) is 6.62. The molecule has 0 fully saturated rings. The van der Waals surface area contributed by atoms with Gasteiger partial charge in [-0.3, -0.25) is 0 Å². The van der Waals surface area contributed by atoms with Gasteiger partial charge in [0.1, 0.15) is 5.76 Å². The maximum atomic E-state index is 6.20. The van der Waals surface area contributed by atoms with E-state index < -0.39 is 0 Å². The summed E-state index contributed by atoms with van der Waals surface area (Å²) in [6.07, 6.45) is 2.51. The molecule has 0 radical (unpaired) electrons. The largest absolute Gasteiger partial charge is 0.468 e. The molecule has 2 aromatic rings. The van der Waals surface area contributed by atoms with E-state index in [-0.39, 0.29) is 0 Å². The van der Waals surface area contributed by atoms with Crippen molar-refractivity contribution in [1.29, 1.82) is 0 Å². The third kappa shape index (κ3) is 3.06. The number of furan rings is 1. The molecular formula is C13H14ClNOS. The first kappa shape index (κ1) is 12.6. The molecule has 17 heavy (non-hydrogen) atoms. The Morgan fingerprint density at radius 2 is 2.18 bits per heavy atom. The third-order valence-corrected chi connectivity index (χ3v) is 3.96. The zero-order valence-electron chi connectivity index (χ0n) is 9.57. The average molecular weight is 268 g/mol. The van der Waals surface area contributed by atoms with Gasteiger partial charge in [0.15, 0.2) is 0 Å². The second-order valence-corrected chi connectivity index (χ2v) is 5.26. The van der Waals surface area contributed by atoms with Gasteiger partial charge in [0.2, 0.25) is 0 Å². The summed E-state index contributed by atoms with van der Waals surface area (Å²) < 4.78 is 5.26. The van der Waals surface area contributed by atoms with Crippen LogP contribution in [0.2, 0.25) is 5.02 Å². The summed E-state index contributed by atoms with van der Waals surface area (Å²) in [5, 5.41) is 0.779. The van der Waals surface area contributed by atoms with Crippen LogP contribution in [-0.4, -0.2) is 6.54 Å². The first-order chi connectivity index (χ1) is 8.20. The Morgan fingerprint density at radius 3 is 2.76 bits per heavy atom. The molecule has 1 heterocycles. The molecule has 4 heteroatoms. The number of aryl methyl sites for hydroxylation is 1. The zero-order valence-corrected chi connectivity index (χ0v) is 11.1. The number of benzene rings is 1. The quantitative estimate of drug-likeness (QED) is 0.913. The van der Waals surface area contributed by atoms with Crippen LogP contribution in [0.25, 0.3) is 0 Å². The van der Waals surface area contributed by atoms with E-state index in [1.165, 1.54) is 0 Å². The molecule has 1 aromatic carbocycles.